The zero-order valence-corrected chi connectivity index (χ0v) is 27.6. The van der Waals surface area contributed by atoms with Crippen LogP contribution < -0.4 is 20.9 Å². The Labute approximate surface area is 277 Å². The second kappa shape index (κ2) is 15.0. The third kappa shape index (κ3) is 6.86. The van der Waals surface area contributed by atoms with Crippen LogP contribution in [0.3, 0.4) is 0 Å². The molecule has 1 saturated heterocycles. The van der Waals surface area contributed by atoms with E-state index >= 15 is 0 Å². The van der Waals surface area contributed by atoms with Crippen molar-refractivity contribution in [1.29, 1.82) is 0 Å². The first-order valence-electron chi connectivity index (χ1n) is 15.0. The van der Waals surface area contributed by atoms with Crippen LogP contribution in [-0.2, 0) is 18.3 Å². The van der Waals surface area contributed by atoms with Crippen molar-refractivity contribution in [2.24, 2.45) is 7.05 Å². The molecule has 3 N–H and O–H groups in total. The average molecular weight is 664 g/mol. The molecule has 1 fully saturated rings. The lowest BCUT2D eigenvalue weighted by Gasteiger charge is -2.28. The molecule has 1 aliphatic rings. The van der Waals surface area contributed by atoms with Crippen molar-refractivity contribution in [3.05, 3.63) is 93.0 Å². The Kier molecular flexibility index (Phi) is 10.9. The van der Waals surface area contributed by atoms with Crippen LogP contribution in [-0.4, -0.2) is 57.3 Å². The fraction of sp³-hybridized carbons (Fsp3) is 0.294. The summed E-state index contributed by atoms with van der Waals surface area (Å²) in [5.41, 5.74) is 3.91. The molecule has 2 atom stereocenters. The summed E-state index contributed by atoms with van der Waals surface area (Å²) in [5, 5.41) is 22.9. The number of fused-ring (bicyclic) bond motifs is 1. The molecular formula is C34H36Cl2N6O4. The molecule has 0 spiro atoms. The standard InChI is InChI=1S/C32H30Cl2N6O4.C2H6/c1-40-32(42)27-18(16-37-40)11-13-35-30(27)38-25-8-4-6-21(29(25)34)20-5-3-7-22(28(20)33)23-10-9-19(31(39-23)43-2)15-36-24-12-14-44-17-26(24)41;1-2/h3-11,13,16,24,26,36,41H,12,14-15,17H2,1-2H3,(H,35,38);1-2H3. The van der Waals surface area contributed by atoms with E-state index in [0.717, 1.165) is 12.0 Å². The van der Waals surface area contributed by atoms with Crippen LogP contribution in [0.25, 0.3) is 33.2 Å². The number of methoxy groups -OCH3 is 1. The van der Waals surface area contributed by atoms with Gasteiger partial charge >= 0.3 is 0 Å². The third-order valence-corrected chi connectivity index (χ3v) is 8.51. The van der Waals surface area contributed by atoms with Crippen LogP contribution in [0.5, 0.6) is 5.88 Å². The normalized spacial score (nSPS) is 16.1. The Morgan fingerprint density at radius 3 is 2.54 bits per heavy atom. The van der Waals surface area contributed by atoms with Gasteiger partial charge < -0.3 is 25.2 Å². The summed E-state index contributed by atoms with van der Waals surface area (Å²) in [4.78, 5) is 22.0. The average Bonchev–Trinajstić information content (AvgIpc) is 3.08. The summed E-state index contributed by atoms with van der Waals surface area (Å²) in [7, 11) is 3.17. The number of rotatable bonds is 8. The Morgan fingerprint density at radius 2 is 1.78 bits per heavy atom. The van der Waals surface area contributed by atoms with Crippen molar-refractivity contribution < 1.29 is 14.6 Å². The van der Waals surface area contributed by atoms with E-state index < -0.39 is 6.10 Å². The predicted octanol–water partition coefficient (Wildman–Crippen LogP) is 6.38. The topological polar surface area (TPSA) is 123 Å². The van der Waals surface area contributed by atoms with Gasteiger partial charge in [0.2, 0.25) is 5.88 Å². The second-order valence-electron chi connectivity index (χ2n) is 10.4. The number of nitrogens with zero attached hydrogens (tertiary/aromatic N) is 4. The smallest absolute Gasteiger partial charge is 0.278 e. The number of pyridine rings is 2. The molecule has 0 amide bonds. The Bertz CT molecular complexity index is 1900. The van der Waals surface area contributed by atoms with Gasteiger partial charge in [0.25, 0.3) is 5.56 Å². The molecule has 2 aromatic carbocycles. The molecule has 0 aliphatic carbocycles. The Balaban J connectivity index is 0.00000204. The summed E-state index contributed by atoms with van der Waals surface area (Å²) in [6.45, 7) is 5.41. The highest BCUT2D eigenvalue weighted by molar-refractivity contribution is 6.39. The first-order valence-corrected chi connectivity index (χ1v) is 15.8. The number of benzene rings is 2. The van der Waals surface area contributed by atoms with Gasteiger partial charge in [0.15, 0.2) is 0 Å². The molecule has 10 nitrogen and oxygen atoms in total. The largest absolute Gasteiger partial charge is 0.481 e. The highest BCUT2D eigenvalue weighted by atomic mass is 35.5. The maximum atomic E-state index is 12.9. The summed E-state index contributed by atoms with van der Waals surface area (Å²) in [6, 6.07) is 16.7. The first-order chi connectivity index (χ1) is 22.4. The maximum absolute atomic E-state index is 12.9. The number of hydrogen-bond acceptors (Lipinski definition) is 9. The van der Waals surface area contributed by atoms with Crippen LogP contribution in [0.15, 0.2) is 71.8 Å². The molecule has 12 heteroatoms. The monoisotopic (exact) mass is 662 g/mol. The fourth-order valence-corrected chi connectivity index (χ4v) is 5.90. The van der Waals surface area contributed by atoms with E-state index in [0.29, 0.717) is 80.3 Å². The molecule has 1 aliphatic heterocycles. The van der Waals surface area contributed by atoms with E-state index in [1.165, 1.54) is 4.68 Å². The van der Waals surface area contributed by atoms with Gasteiger partial charge in [0, 0.05) is 60.1 Å². The second-order valence-corrected chi connectivity index (χ2v) is 11.2. The number of aromatic nitrogens is 4. The molecule has 46 heavy (non-hydrogen) atoms. The molecule has 5 aromatic rings. The lowest BCUT2D eigenvalue weighted by molar-refractivity contribution is -0.0281. The quantitative estimate of drug-likeness (QED) is 0.174. The van der Waals surface area contributed by atoms with Crippen molar-refractivity contribution in [2.75, 3.05) is 25.6 Å². The minimum absolute atomic E-state index is 0.0620. The van der Waals surface area contributed by atoms with Gasteiger partial charge in [-0.1, -0.05) is 73.4 Å². The molecule has 0 bridgehead atoms. The number of halogens is 2. The van der Waals surface area contributed by atoms with Gasteiger partial charge in [-0.3, -0.25) is 4.79 Å². The minimum atomic E-state index is -0.558. The number of aliphatic hydroxyl groups excluding tert-OH is 1. The zero-order chi connectivity index (χ0) is 32.8. The van der Waals surface area contributed by atoms with Crippen molar-refractivity contribution in [3.8, 4) is 28.3 Å². The van der Waals surface area contributed by atoms with Gasteiger partial charge in [-0.25, -0.2) is 14.6 Å². The van der Waals surface area contributed by atoms with Crippen molar-refractivity contribution in [1.82, 2.24) is 25.1 Å². The summed E-state index contributed by atoms with van der Waals surface area (Å²) in [6.07, 6.45) is 3.40. The summed E-state index contributed by atoms with van der Waals surface area (Å²) >= 11 is 14.0. The molecule has 0 radical (unpaired) electrons. The summed E-state index contributed by atoms with van der Waals surface area (Å²) < 4.78 is 12.2. The molecular weight excluding hydrogens is 627 g/mol. The third-order valence-electron chi connectivity index (χ3n) is 7.69. The van der Waals surface area contributed by atoms with Crippen LogP contribution >= 0.6 is 23.2 Å². The van der Waals surface area contributed by atoms with Crippen LogP contribution in [0, 0.1) is 0 Å². The Hall–Kier alpha value is -4.06. The van der Waals surface area contributed by atoms with E-state index in [1.807, 2.05) is 62.4 Å². The maximum Gasteiger partial charge on any atom is 0.278 e. The van der Waals surface area contributed by atoms with E-state index in [4.69, 9.17) is 37.7 Å². The highest BCUT2D eigenvalue weighted by Gasteiger charge is 2.24. The molecule has 4 heterocycles. The lowest BCUT2D eigenvalue weighted by Crippen LogP contribution is -2.46. The first kappa shape index (κ1) is 33.3. The highest BCUT2D eigenvalue weighted by Crippen LogP contribution is 2.42. The number of aliphatic hydroxyl groups is 1. The van der Waals surface area contributed by atoms with Crippen molar-refractivity contribution >= 4 is 45.5 Å². The van der Waals surface area contributed by atoms with Gasteiger partial charge in [-0.15, -0.1) is 0 Å². The van der Waals surface area contributed by atoms with E-state index in [2.05, 4.69) is 20.7 Å². The van der Waals surface area contributed by atoms with Gasteiger partial charge in [0.05, 0.1) is 52.8 Å². The number of ether oxygens (including phenoxy) is 2. The molecule has 240 valence electrons. The van der Waals surface area contributed by atoms with E-state index in [-0.39, 0.29) is 11.6 Å². The molecule has 3 aromatic heterocycles. The molecule has 0 saturated carbocycles. The van der Waals surface area contributed by atoms with Crippen molar-refractivity contribution in [2.45, 2.75) is 39.0 Å². The number of anilines is 2. The number of nitrogens with one attached hydrogen (secondary N) is 2. The minimum Gasteiger partial charge on any atom is -0.481 e. The van der Waals surface area contributed by atoms with E-state index in [1.54, 1.807) is 32.6 Å². The van der Waals surface area contributed by atoms with Gasteiger partial charge in [0.1, 0.15) is 5.82 Å². The van der Waals surface area contributed by atoms with Crippen LogP contribution in [0.4, 0.5) is 11.5 Å². The Morgan fingerprint density at radius 1 is 1.04 bits per heavy atom. The van der Waals surface area contributed by atoms with Crippen LogP contribution in [0.1, 0.15) is 25.8 Å². The zero-order valence-electron chi connectivity index (χ0n) is 26.1. The predicted molar refractivity (Wildman–Crippen MR) is 183 cm³/mol. The summed E-state index contributed by atoms with van der Waals surface area (Å²) in [5.74, 6) is 0.841. The lowest BCUT2D eigenvalue weighted by atomic mass is 10.00. The SMILES string of the molecule is CC.COc1nc(-c2cccc(-c3cccc(Nc4nccc5cnn(C)c(=O)c45)c3Cl)c2Cl)ccc1CNC1CCOCC1O. The van der Waals surface area contributed by atoms with Gasteiger partial charge in [-0.05, 0) is 24.6 Å². The van der Waals surface area contributed by atoms with Gasteiger partial charge in [-0.2, -0.15) is 5.10 Å². The molecule has 6 rings (SSSR count). The molecule has 2 unspecified atom stereocenters. The van der Waals surface area contributed by atoms with E-state index in [9.17, 15) is 9.90 Å². The number of hydrogen-bond donors (Lipinski definition) is 3. The van der Waals surface area contributed by atoms with Crippen molar-refractivity contribution in [3.63, 3.8) is 0 Å². The fourth-order valence-electron chi connectivity index (χ4n) is 5.30. The number of aryl methyl sites for hydroxylation is 1. The van der Waals surface area contributed by atoms with Crippen LogP contribution in [0.2, 0.25) is 10.0 Å².